The van der Waals surface area contributed by atoms with Gasteiger partial charge in [-0.25, -0.2) is 9.36 Å². The molecule has 0 bridgehead atoms. The summed E-state index contributed by atoms with van der Waals surface area (Å²) in [6, 6.07) is 3.12. The number of halogens is 3. The third kappa shape index (κ3) is 2.68. The highest BCUT2D eigenvalue weighted by Crippen LogP contribution is 2.35. The standard InChI is InChI=1S/C15H14Cl3N5O/c1-15(2,3)12-10-13(19-21-22(4)14(10)24)23(20-12)11-8(17)5-7(16)6-9(11)18/h5-6H,1-4H3. The molecule has 0 amide bonds. The van der Waals surface area contributed by atoms with Crippen LogP contribution in [0.15, 0.2) is 16.9 Å². The first-order valence-electron chi connectivity index (χ1n) is 7.09. The Morgan fingerprint density at radius 2 is 1.67 bits per heavy atom. The minimum Gasteiger partial charge on any atom is -0.267 e. The van der Waals surface area contributed by atoms with Crippen LogP contribution in [0.3, 0.4) is 0 Å². The van der Waals surface area contributed by atoms with Gasteiger partial charge in [-0.1, -0.05) is 60.8 Å². The van der Waals surface area contributed by atoms with Crippen LogP contribution in [0.25, 0.3) is 16.7 Å². The van der Waals surface area contributed by atoms with E-state index in [-0.39, 0.29) is 11.0 Å². The fourth-order valence-electron chi connectivity index (χ4n) is 2.43. The predicted octanol–water partition coefficient (Wildman–Crippen LogP) is 3.77. The van der Waals surface area contributed by atoms with Crippen LogP contribution in [0.1, 0.15) is 26.5 Å². The van der Waals surface area contributed by atoms with Gasteiger partial charge in [0.05, 0.1) is 15.7 Å². The summed E-state index contributed by atoms with van der Waals surface area (Å²) in [6.07, 6.45) is 0. The largest absolute Gasteiger partial charge is 0.280 e. The molecule has 0 spiro atoms. The van der Waals surface area contributed by atoms with E-state index in [1.165, 1.54) is 9.36 Å². The fourth-order valence-corrected chi connectivity index (χ4v) is 3.41. The molecule has 0 saturated heterocycles. The Bertz CT molecular complexity index is 993. The number of fused-ring (bicyclic) bond motifs is 1. The highest BCUT2D eigenvalue weighted by atomic mass is 35.5. The SMILES string of the molecule is Cn1nnc2c(c(C(C)(C)C)nn2-c2c(Cl)cc(Cl)cc2Cl)c1=O. The van der Waals surface area contributed by atoms with Gasteiger partial charge in [-0.3, -0.25) is 4.79 Å². The van der Waals surface area contributed by atoms with Gasteiger partial charge >= 0.3 is 0 Å². The second-order valence-electron chi connectivity index (χ2n) is 6.45. The molecule has 3 rings (SSSR count). The zero-order valence-electron chi connectivity index (χ0n) is 13.4. The molecule has 6 nitrogen and oxygen atoms in total. The van der Waals surface area contributed by atoms with Crippen LogP contribution >= 0.6 is 34.8 Å². The van der Waals surface area contributed by atoms with Crippen LogP contribution in [0.4, 0.5) is 0 Å². The lowest BCUT2D eigenvalue weighted by Gasteiger charge is -2.15. The summed E-state index contributed by atoms with van der Waals surface area (Å²) in [7, 11) is 1.54. The van der Waals surface area contributed by atoms with Crippen LogP contribution in [0, 0.1) is 0 Å². The van der Waals surface area contributed by atoms with Gasteiger partial charge in [0.1, 0.15) is 11.1 Å². The number of aryl methyl sites for hydroxylation is 1. The molecule has 0 N–H and O–H groups in total. The molecule has 1 aromatic carbocycles. The number of aromatic nitrogens is 5. The average molecular weight is 387 g/mol. The van der Waals surface area contributed by atoms with E-state index in [2.05, 4.69) is 15.4 Å². The summed E-state index contributed by atoms with van der Waals surface area (Å²) in [4.78, 5) is 12.6. The first-order chi connectivity index (χ1) is 11.1. The minimum atomic E-state index is -0.385. The Hall–Kier alpha value is -1.63. The monoisotopic (exact) mass is 385 g/mol. The highest BCUT2D eigenvalue weighted by molar-refractivity contribution is 6.40. The maximum atomic E-state index is 12.6. The van der Waals surface area contributed by atoms with Crippen molar-refractivity contribution in [3.8, 4) is 5.69 Å². The smallest absolute Gasteiger partial charge is 0.267 e. The van der Waals surface area contributed by atoms with Crippen molar-refractivity contribution in [3.05, 3.63) is 43.2 Å². The third-order valence-electron chi connectivity index (χ3n) is 3.55. The van der Waals surface area contributed by atoms with Crippen molar-refractivity contribution < 1.29 is 0 Å². The van der Waals surface area contributed by atoms with Crippen molar-refractivity contribution in [1.82, 2.24) is 24.8 Å². The van der Waals surface area contributed by atoms with Crippen molar-refractivity contribution in [1.29, 1.82) is 0 Å². The maximum Gasteiger partial charge on any atom is 0.280 e. The lowest BCUT2D eigenvalue weighted by molar-refractivity contribution is 0.564. The summed E-state index contributed by atoms with van der Waals surface area (Å²) >= 11 is 18.6. The number of benzene rings is 1. The van der Waals surface area contributed by atoms with Crippen molar-refractivity contribution >= 4 is 45.8 Å². The Morgan fingerprint density at radius 3 is 2.21 bits per heavy atom. The Kier molecular flexibility index (Phi) is 4.10. The van der Waals surface area contributed by atoms with Gasteiger partial charge in [-0.2, -0.15) is 5.10 Å². The average Bonchev–Trinajstić information content (AvgIpc) is 2.82. The first-order valence-corrected chi connectivity index (χ1v) is 8.22. The van der Waals surface area contributed by atoms with E-state index in [9.17, 15) is 4.79 Å². The molecule has 0 aliphatic heterocycles. The third-order valence-corrected chi connectivity index (χ3v) is 4.34. The van der Waals surface area contributed by atoms with Crippen LogP contribution in [0.5, 0.6) is 0 Å². The van der Waals surface area contributed by atoms with Crippen molar-refractivity contribution in [3.63, 3.8) is 0 Å². The van der Waals surface area contributed by atoms with Gasteiger partial charge in [0.2, 0.25) is 0 Å². The van der Waals surface area contributed by atoms with Crippen molar-refractivity contribution in [2.75, 3.05) is 0 Å². The van der Waals surface area contributed by atoms with Gasteiger partial charge in [-0.15, -0.1) is 5.10 Å². The zero-order valence-corrected chi connectivity index (χ0v) is 15.7. The van der Waals surface area contributed by atoms with Gasteiger partial charge in [0.25, 0.3) is 5.56 Å². The van der Waals surface area contributed by atoms with E-state index < -0.39 is 0 Å². The van der Waals surface area contributed by atoms with Crippen molar-refractivity contribution in [2.24, 2.45) is 7.05 Å². The number of nitrogens with zero attached hydrogens (tertiary/aromatic N) is 5. The van der Waals surface area contributed by atoms with Crippen LogP contribution in [-0.4, -0.2) is 24.8 Å². The maximum absolute atomic E-state index is 12.6. The Morgan fingerprint density at radius 1 is 1.08 bits per heavy atom. The quantitative estimate of drug-likeness (QED) is 0.638. The molecule has 0 aliphatic rings. The molecule has 0 saturated carbocycles. The topological polar surface area (TPSA) is 65.6 Å². The molecule has 24 heavy (non-hydrogen) atoms. The second-order valence-corrected chi connectivity index (χ2v) is 7.70. The summed E-state index contributed by atoms with van der Waals surface area (Å²) in [5.74, 6) is 0. The van der Waals surface area contributed by atoms with E-state index >= 15 is 0 Å². The number of hydrogen-bond donors (Lipinski definition) is 0. The van der Waals surface area contributed by atoms with Crippen molar-refractivity contribution in [2.45, 2.75) is 26.2 Å². The molecule has 2 aromatic heterocycles. The molecular weight excluding hydrogens is 373 g/mol. The number of rotatable bonds is 1. The Balaban J connectivity index is 2.48. The van der Waals surface area contributed by atoms with Crippen LogP contribution < -0.4 is 5.56 Å². The van der Waals surface area contributed by atoms with Gasteiger partial charge < -0.3 is 0 Å². The molecule has 9 heteroatoms. The molecule has 126 valence electrons. The summed E-state index contributed by atoms with van der Waals surface area (Å²) in [6.45, 7) is 5.89. The molecule has 0 atom stereocenters. The fraction of sp³-hybridized carbons (Fsp3) is 0.333. The molecule has 3 aromatic rings. The Labute approximate surface area is 152 Å². The van der Waals surface area contributed by atoms with Gasteiger partial charge in [-0.05, 0) is 12.1 Å². The zero-order chi connectivity index (χ0) is 17.8. The first kappa shape index (κ1) is 17.2. The summed E-state index contributed by atoms with van der Waals surface area (Å²) < 4.78 is 2.62. The molecule has 0 radical (unpaired) electrons. The molecule has 2 heterocycles. The van der Waals surface area contributed by atoms with E-state index in [4.69, 9.17) is 34.8 Å². The second kappa shape index (κ2) is 5.72. The lowest BCUT2D eigenvalue weighted by Crippen LogP contribution is -2.23. The normalized spacial score (nSPS) is 12.1. The van der Waals surface area contributed by atoms with Crippen LogP contribution in [0.2, 0.25) is 15.1 Å². The predicted molar refractivity (Wildman–Crippen MR) is 95.6 cm³/mol. The molecule has 0 fully saturated rings. The minimum absolute atomic E-state index is 0.280. The van der Waals surface area contributed by atoms with Gasteiger partial charge in [0, 0.05) is 17.5 Å². The van der Waals surface area contributed by atoms with E-state index in [1.54, 1.807) is 19.2 Å². The number of hydrogen-bond acceptors (Lipinski definition) is 4. The van der Waals surface area contributed by atoms with E-state index in [0.29, 0.717) is 37.5 Å². The lowest BCUT2D eigenvalue weighted by atomic mass is 9.91. The molecule has 0 unspecified atom stereocenters. The van der Waals surface area contributed by atoms with Crippen LogP contribution in [-0.2, 0) is 12.5 Å². The summed E-state index contributed by atoms with van der Waals surface area (Å²) in [5, 5.41) is 13.9. The summed E-state index contributed by atoms with van der Waals surface area (Å²) in [5.41, 5.74) is 0.636. The molecular formula is C15H14Cl3N5O. The molecule has 0 aliphatic carbocycles. The highest BCUT2D eigenvalue weighted by Gasteiger charge is 2.28. The van der Waals surface area contributed by atoms with E-state index in [0.717, 1.165) is 0 Å². The van der Waals surface area contributed by atoms with Gasteiger partial charge in [0.15, 0.2) is 5.65 Å². The van der Waals surface area contributed by atoms with E-state index in [1.807, 2.05) is 20.8 Å².